The maximum atomic E-state index is 13.8. The number of nitrogens with zero attached hydrogens (tertiary/aromatic N) is 5. The second-order valence-corrected chi connectivity index (χ2v) is 11.0. The number of carbonyl (C=O) groups excluding carboxylic acids is 1. The number of benzene rings is 2. The summed E-state index contributed by atoms with van der Waals surface area (Å²) in [4.78, 5) is 32.7. The highest BCUT2D eigenvalue weighted by molar-refractivity contribution is 7.90. The molecule has 5 rings (SSSR count). The van der Waals surface area contributed by atoms with E-state index in [1.807, 2.05) is 6.08 Å². The highest BCUT2D eigenvalue weighted by Gasteiger charge is 2.35. The molecular weight excluding hydrogens is 506 g/mol. The molecule has 3 aromatic rings. The largest absolute Gasteiger partial charge is 0.327 e. The lowest BCUT2D eigenvalue weighted by molar-refractivity contribution is -0.384. The molecule has 2 aromatic carbocycles. The van der Waals surface area contributed by atoms with Crippen molar-refractivity contribution in [3.05, 3.63) is 93.3 Å². The van der Waals surface area contributed by atoms with Crippen LogP contribution in [-0.2, 0) is 14.6 Å². The minimum atomic E-state index is -3.42. The van der Waals surface area contributed by atoms with Gasteiger partial charge < -0.3 is 4.90 Å². The van der Waals surface area contributed by atoms with Gasteiger partial charge in [0.05, 0.1) is 38.4 Å². The Hall–Kier alpha value is -4.82. The van der Waals surface area contributed by atoms with E-state index in [0.717, 1.165) is 12.7 Å². The normalized spacial score (nSPS) is 15.7. The van der Waals surface area contributed by atoms with E-state index in [2.05, 4.69) is 11.1 Å². The zero-order valence-electron chi connectivity index (χ0n) is 20.5. The topological polar surface area (TPSA) is 138 Å². The standard InChI is InChI=1S/C27H21N5O5S/c1-17-13-25-22(14-18(17)16-28)23(27(33)31(25)20-6-8-21(9-7-20)38(2,36)37)15-19-5-10-24(32(34)35)26(29-19)30-11-3-4-12-30/h3,5-11,13-15H,4,12H2,1-2H3/b23-15-. The van der Waals surface area contributed by atoms with E-state index in [4.69, 9.17) is 0 Å². The zero-order valence-corrected chi connectivity index (χ0v) is 21.3. The molecule has 1 amide bonds. The van der Waals surface area contributed by atoms with Gasteiger partial charge in [0, 0.05) is 36.3 Å². The lowest BCUT2D eigenvalue weighted by Crippen LogP contribution is -2.20. The number of aryl methyl sites for hydroxylation is 1. The molecule has 0 saturated carbocycles. The molecule has 0 aliphatic carbocycles. The van der Waals surface area contributed by atoms with E-state index < -0.39 is 20.7 Å². The maximum absolute atomic E-state index is 13.8. The molecule has 2 aliphatic heterocycles. The number of anilines is 3. The van der Waals surface area contributed by atoms with Crippen molar-refractivity contribution in [1.29, 1.82) is 5.26 Å². The molecule has 38 heavy (non-hydrogen) atoms. The summed E-state index contributed by atoms with van der Waals surface area (Å²) in [5, 5.41) is 21.2. The zero-order chi connectivity index (χ0) is 27.2. The predicted molar refractivity (Wildman–Crippen MR) is 142 cm³/mol. The summed E-state index contributed by atoms with van der Waals surface area (Å²) in [6.45, 7) is 2.32. The van der Waals surface area contributed by atoms with Crippen molar-refractivity contribution in [3.63, 3.8) is 0 Å². The monoisotopic (exact) mass is 527 g/mol. The number of nitriles is 1. The molecule has 0 atom stereocenters. The van der Waals surface area contributed by atoms with Crippen molar-refractivity contribution >= 4 is 50.3 Å². The smallest absolute Gasteiger partial charge is 0.311 e. The van der Waals surface area contributed by atoms with Crippen LogP contribution in [0.2, 0.25) is 0 Å². The summed E-state index contributed by atoms with van der Waals surface area (Å²) in [7, 11) is -3.42. The van der Waals surface area contributed by atoms with Crippen LogP contribution in [0.1, 0.15) is 28.8 Å². The van der Waals surface area contributed by atoms with Crippen LogP contribution in [0.3, 0.4) is 0 Å². The quantitative estimate of drug-likeness (QED) is 0.268. The Kier molecular flexibility index (Phi) is 6.05. The van der Waals surface area contributed by atoms with Gasteiger partial charge in [-0.2, -0.15) is 5.26 Å². The van der Waals surface area contributed by atoms with Crippen LogP contribution in [0.5, 0.6) is 0 Å². The highest BCUT2D eigenvalue weighted by atomic mass is 32.2. The minimum Gasteiger partial charge on any atom is -0.327 e. The van der Waals surface area contributed by atoms with Crippen LogP contribution in [0.4, 0.5) is 22.9 Å². The van der Waals surface area contributed by atoms with Gasteiger partial charge in [-0.05, 0) is 67.4 Å². The molecule has 10 nitrogen and oxygen atoms in total. The van der Waals surface area contributed by atoms with Crippen molar-refractivity contribution < 1.29 is 18.1 Å². The van der Waals surface area contributed by atoms with Gasteiger partial charge in [-0.1, -0.05) is 6.08 Å². The molecule has 3 heterocycles. The van der Waals surface area contributed by atoms with Gasteiger partial charge in [-0.15, -0.1) is 0 Å². The van der Waals surface area contributed by atoms with E-state index >= 15 is 0 Å². The first kappa shape index (κ1) is 24.9. The molecule has 0 radical (unpaired) electrons. The molecule has 0 saturated heterocycles. The fourth-order valence-electron chi connectivity index (χ4n) is 4.50. The number of hydrogen-bond acceptors (Lipinski definition) is 8. The SMILES string of the molecule is Cc1cc2c(cc1C#N)/C(=C/c1ccc([N+](=O)[O-])c(N3C=CCC3)n1)C(=O)N2c1ccc(S(C)(=O)=O)cc1. The number of pyridine rings is 1. The van der Waals surface area contributed by atoms with Crippen LogP contribution < -0.4 is 9.80 Å². The van der Waals surface area contributed by atoms with Crippen LogP contribution in [0.25, 0.3) is 11.6 Å². The van der Waals surface area contributed by atoms with Crippen molar-refractivity contribution in [2.45, 2.75) is 18.2 Å². The average molecular weight is 528 g/mol. The molecule has 0 N–H and O–H groups in total. The summed E-state index contributed by atoms with van der Waals surface area (Å²) in [5.74, 6) is -0.219. The van der Waals surface area contributed by atoms with Crippen LogP contribution in [0.15, 0.2) is 65.7 Å². The fourth-order valence-corrected chi connectivity index (χ4v) is 5.13. The van der Waals surface area contributed by atoms with E-state index in [1.54, 1.807) is 48.4 Å². The van der Waals surface area contributed by atoms with Crippen LogP contribution in [-0.4, -0.2) is 37.0 Å². The third kappa shape index (κ3) is 4.31. The number of sulfone groups is 1. The number of amides is 1. The van der Waals surface area contributed by atoms with Crippen molar-refractivity contribution in [2.75, 3.05) is 22.6 Å². The number of hydrogen-bond donors (Lipinski definition) is 0. The number of fused-ring (bicyclic) bond motifs is 1. The molecule has 0 bridgehead atoms. The second kappa shape index (κ2) is 9.24. The Morgan fingerprint density at radius 3 is 2.50 bits per heavy atom. The number of nitro groups is 1. The number of aromatic nitrogens is 1. The van der Waals surface area contributed by atoms with Crippen LogP contribution >= 0.6 is 0 Å². The van der Waals surface area contributed by atoms with E-state index in [0.29, 0.717) is 40.3 Å². The van der Waals surface area contributed by atoms with Gasteiger partial charge in [-0.3, -0.25) is 19.8 Å². The molecule has 190 valence electrons. The summed E-state index contributed by atoms with van der Waals surface area (Å²) in [6, 6.07) is 14.3. The molecule has 0 fully saturated rings. The van der Waals surface area contributed by atoms with Gasteiger partial charge in [0.1, 0.15) is 0 Å². The van der Waals surface area contributed by atoms with Crippen molar-refractivity contribution in [2.24, 2.45) is 0 Å². The number of rotatable bonds is 5. The summed E-state index contributed by atoms with van der Waals surface area (Å²) < 4.78 is 23.8. The van der Waals surface area contributed by atoms with Crippen LogP contribution in [0, 0.1) is 28.4 Å². The lowest BCUT2D eigenvalue weighted by Gasteiger charge is -2.18. The fraction of sp³-hybridized carbons (Fsp3) is 0.148. The summed E-state index contributed by atoms with van der Waals surface area (Å²) >= 11 is 0. The summed E-state index contributed by atoms with van der Waals surface area (Å²) in [6.07, 6.45) is 7.03. The Balaban J connectivity index is 1.65. The molecule has 0 unspecified atom stereocenters. The first-order valence-corrected chi connectivity index (χ1v) is 13.5. The van der Waals surface area contributed by atoms with E-state index in [-0.39, 0.29) is 22.0 Å². The van der Waals surface area contributed by atoms with Gasteiger partial charge >= 0.3 is 5.69 Å². The second-order valence-electron chi connectivity index (χ2n) is 8.96. The molecule has 11 heteroatoms. The molecule has 0 spiro atoms. The van der Waals surface area contributed by atoms with Crippen molar-refractivity contribution in [1.82, 2.24) is 4.98 Å². The first-order chi connectivity index (χ1) is 18.1. The third-order valence-corrected chi connectivity index (χ3v) is 7.54. The highest BCUT2D eigenvalue weighted by Crippen LogP contribution is 2.44. The van der Waals surface area contributed by atoms with Gasteiger partial charge in [-0.25, -0.2) is 13.4 Å². The lowest BCUT2D eigenvalue weighted by atomic mass is 10.00. The van der Waals surface area contributed by atoms with Crippen molar-refractivity contribution in [3.8, 4) is 6.07 Å². The van der Waals surface area contributed by atoms with E-state index in [9.17, 15) is 28.6 Å². The predicted octanol–water partition coefficient (Wildman–Crippen LogP) is 4.52. The van der Waals surface area contributed by atoms with E-state index in [1.165, 1.54) is 29.2 Å². The Morgan fingerprint density at radius 2 is 1.89 bits per heavy atom. The summed E-state index contributed by atoms with van der Waals surface area (Å²) in [5.41, 5.74) is 3.02. The van der Waals surface area contributed by atoms with Gasteiger partial charge in [0.2, 0.25) is 5.82 Å². The Morgan fingerprint density at radius 1 is 1.16 bits per heavy atom. The van der Waals surface area contributed by atoms with Gasteiger partial charge in [0.15, 0.2) is 9.84 Å². The molecular formula is C27H21N5O5S. The van der Waals surface area contributed by atoms with Gasteiger partial charge in [0.25, 0.3) is 5.91 Å². The first-order valence-electron chi connectivity index (χ1n) is 11.6. The average Bonchev–Trinajstić information content (AvgIpc) is 3.50. The minimum absolute atomic E-state index is 0.124. The Labute approximate surface area is 218 Å². The Bertz CT molecular complexity index is 1720. The maximum Gasteiger partial charge on any atom is 0.311 e. The molecule has 2 aliphatic rings. The number of carbonyl (C=O) groups is 1. The third-order valence-electron chi connectivity index (χ3n) is 6.41. The molecule has 1 aromatic heterocycles.